The monoisotopic (exact) mass is 152 g/mol. The van der Waals surface area contributed by atoms with Crippen molar-refractivity contribution in [1.29, 1.82) is 0 Å². The molecule has 0 spiro atoms. The first-order valence-corrected chi connectivity index (χ1v) is 3.42. The van der Waals surface area contributed by atoms with Gasteiger partial charge in [0.25, 0.3) is 0 Å². The third kappa shape index (κ3) is 2.07. The quantitative estimate of drug-likeness (QED) is 0.658. The van der Waals surface area contributed by atoms with Gasteiger partial charge in [-0.15, -0.1) is 0 Å². The summed E-state index contributed by atoms with van der Waals surface area (Å²) in [5.74, 6) is 0.459. The molecule has 0 unspecified atom stereocenters. The molecule has 11 heavy (non-hydrogen) atoms. The van der Waals surface area contributed by atoms with E-state index in [1.54, 1.807) is 6.07 Å². The van der Waals surface area contributed by atoms with Crippen LogP contribution in [-0.4, -0.2) is 16.1 Å². The molecule has 1 amide bonds. The lowest BCUT2D eigenvalue weighted by molar-refractivity contribution is -0.118. The third-order valence-corrected chi connectivity index (χ3v) is 1.23. The minimum absolute atomic E-state index is 0.0216. The van der Waals surface area contributed by atoms with Gasteiger partial charge in [-0.05, 0) is 0 Å². The Morgan fingerprint density at radius 3 is 3.00 bits per heavy atom. The highest BCUT2D eigenvalue weighted by Crippen LogP contribution is 2.01. The Bertz CT molecular complexity index is 228. The van der Waals surface area contributed by atoms with E-state index < -0.39 is 0 Å². The van der Waals surface area contributed by atoms with Gasteiger partial charge in [-0.1, -0.05) is 13.8 Å². The molecule has 0 bridgehead atoms. The molecule has 0 aromatic carbocycles. The maximum absolute atomic E-state index is 11.0. The highest BCUT2D eigenvalue weighted by Gasteiger charge is 2.06. The molecule has 1 aromatic heterocycles. The van der Waals surface area contributed by atoms with Crippen LogP contribution in [0.4, 0.5) is 5.82 Å². The summed E-state index contributed by atoms with van der Waals surface area (Å²) in [6.45, 7) is 3.65. The van der Waals surface area contributed by atoms with Gasteiger partial charge in [0.05, 0.1) is 6.20 Å². The molecule has 1 radical (unpaired) electrons. The van der Waals surface area contributed by atoms with E-state index in [0.717, 1.165) is 0 Å². The zero-order chi connectivity index (χ0) is 8.27. The van der Waals surface area contributed by atoms with Gasteiger partial charge in [0, 0.05) is 12.0 Å². The van der Waals surface area contributed by atoms with Crippen LogP contribution in [0, 0.1) is 12.1 Å². The van der Waals surface area contributed by atoms with Gasteiger partial charge < -0.3 is 5.32 Å². The molecule has 2 N–H and O–H groups in total. The van der Waals surface area contributed by atoms with E-state index in [0.29, 0.717) is 5.82 Å². The van der Waals surface area contributed by atoms with Gasteiger partial charge in [0.2, 0.25) is 5.91 Å². The van der Waals surface area contributed by atoms with Crippen LogP contribution in [-0.2, 0) is 4.79 Å². The minimum atomic E-state index is -0.0366. The Morgan fingerprint density at radius 1 is 1.82 bits per heavy atom. The summed E-state index contributed by atoms with van der Waals surface area (Å²) in [4.78, 5) is 11.0. The fraction of sp³-hybridized carbons (Fsp3) is 0.429. The van der Waals surface area contributed by atoms with Crippen LogP contribution in [0.3, 0.4) is 0 Å². The lowest BCUT2D eigenvalue weighted by Crippen LogP contribution is -2.17. The van der Waals surface area contributed by atoms with Crippen molar-refractivity contribution in [3.05, 3.63) is 12.3 Å². The van der Waals surface area contributed by atoms with Crippen LogP contribution in [0.5, 0.6) is 0 Å². The van der Waals surface area contributed by atoms with Crippen molar-refractivity contribution in [3.63, 3.8) is 0 Å². The zero-order valence-electron chi connectivity index (χ0n) is 6.51. The largest absolute Gasteiger partial charge is 0.309 e. The molecule has 0 aliphatic heterocycles. The van der Waals surface area contributed by atoms with Crippen LogP contribution in [0.1, 0.15) is 13.8 Å². The lowest BCUT2D eigenvalue weighted by atomic mass is 10.2. The Labute approximate surface area is 65.0 Å². The Kier molecular flexibility index (Phi) is 2.25. The molecule has 1 aromatic rings. The number of hydrogen-bond acceptors (Lipinski definition) is 2. The van der Waals surface area contributed by atoms with Crippen LogP contribution in [0.25, 0.3) is 0 Å². The van der Waals surface area contributed by atoms with E-state index in [9.17, 15) is 4.79 Å². The molecular weight excluding hydrogens is 142 g/mol. The molecule has 4 nitrogen and oxygen atoms in total. The average Bonchev–Trinajstić information content (AvgIpc) is 2.39. The lowest BCUT2D eigenvalue weighted by Gasteiger charge is -2.02. The van der Waals surface area contributed by atoms with Crippen molar-refractivity contribution < 1.29 is 4.79 Å². The van der Waals surface area contributed by atoms with Gasteiger partial charge in [-0.3, -0.25) is 9.89 Å². The van der Waals surface area contributed by atoms with E-state index in [2.05, 4.69) is 21.7 Å². The molecule has 0 atom stereocenters. The summed E-state index contributed by atoms with van der Waals surface area (Å²) < 4.78 is 0. The first-order valence-electron chi connectivity index (χ1n) is 3.42. The first-order chi connectivity index (χ1) is 5.20. The standard InChI is InChI=1S/C7H10N3O/c1-5(2)7(11)9-6-3-4-8-10-6/h3,5H,1-2H3,(H2,8,9,10,11). The summed E-state index contributed by atoms with van der Waals surface area (Å²) in [6, 6.07) is 1.58. The number of carbonyl (C=O) groups excluding carboxylic acids is 1. The molecule has 59 valence electrons. The fourth-order valence-corrected chi connectivity index (χ4v) is 0.560. The Hall–Kier alpha value is -1.32. The Balaban J connectivity index is 2.50. The van der Waals surface area contributed by atoms with Gasteiger partial charge in [-0.2, -0.15) is 5.10 Å². The second kappa shape index (κ2) is 3.18. The molecule has 0 fully saturated rings. The smallest absolute Gasteiger partial charge is 0.228 e. The van der Waals surface area contributed by atoms with Crippen molar-refractivity contribution in [2.75, 3.05) is 5.32 Å². The summed E-state index contributed by atoms with van der Waals surface area (Å²) in [5, 5.41) is 8.82. The van der Waals surface area contributed by atoms with Gasteiger partial charge in [0.1, 0.15) is 0 Å². The predicted molar refractivity (Wildman–Crippen MR) is 40.9 cm³/mol. The predicted octanol–water partition coefficient (Wildman–Crippen LogP) is 0.804. The SMILES string of the molecule is CC(C)C(=O)Nc1c[c][nH]n1. The van der Waals surface area contributed by atoms with Crippen molar-refractivity contribution in [2.45, 2.75) is 13.8 Å². The van der Waals surface area contributed by atoms with Crippen LogP contribution < -0.4 is 5.32 Å². The van der Waals surface area contributed by atoms with E-state index in [-0.39, 0.29) is 11.8 Å². The summed E-state index contributed by atoms with van der Waals surface area (Å²) in [6.07, 6.45) is 2.62. The van der Waals surface area contributed by atoms with E-state index >= 15 is 0 Å². The highest BCUT2D eigenvalue weighted by atomic mass is 16.1. The average molecular weight is 152 g/mol. The van der Waals surface area contributed by atoms with Crippen LogP contribution in [0.2, 0.25) is 0 Å². The summed E-state index contributed by atoms with van der Waals surface area (Å²) in [5.41, 5.74) is 0. The van der Waals surface area contributed by atoms with E-state index in [1.807, 2.05) is 13.8 Å². The number of aromatic nitrogens is 2. The molecule has 0 saturated carbocycles. The summed E-state index contributed by atoms with van der Waals surface area (Å²) in [7, 11) is 0. The maximum atomic E-state index is 11.0. The van der Waals surface area contributed by atoms with Gasteiger partial charge in [0.15, 0.2) is 5.82 Å². The Morgan fingerprint density at radius 2 is 2.55 bits per heavy atom. The number of anilines is 1. The molecule has 0 saturated heterocycles. The number of rotatable bonds is 2. The fourth-order valence-electron chi connectivity index (χ4n) is 0.560. The molecule has 1 heterocycles. The van der Waals surface area contributed by atoms with Crippen molar-refractivity contribution in [1.82, 2.24) is 10.2 Å². The highest BCUT2D eigenvalue weighted by molar-refractivity contribution is 5.90. The molecule has 0 aliphatic carbocycles. The number of carbonyl (C=O) groups is 1. The molecule has 4 heteroatoms. The topological polar surface area (TPSA) is 57.8 Å². The zero-order valence-corrected chi connectivity index (χ0v) is 6.51. The van der Waals surface area contributed by atoms with Crippen LogP contribution in [0.15, 0.2) is 6.07 Å². The molecular formula is C7H10N3O. The first kappa shape index (κ1) is 7.78. The molecule has 1 rings (SSSR count). The maximum Gasteiger partial charge on any atom is 0.228 e. The van der Waals surface area contributed by atoms with Crippen molar-refractivity contribution >= 4 is 11.7 Å². The number of H-pyrrole nitrogens is 1. The van der Waals surface area contributed by atoms with Crippen LogP contribution >= 0.6 is 0 Å². The number of nitrogens with zero attached hydrogens (tertiary/aromatic N) is 1. The number of hydrogen-bond donors (Lipinski definition) is 2. The number of nitrogens with one attached hydrogen (secondary N) is 2. The normalized spacial score (nSPS) is 10.1. The van der Waals surface area contributed by atoms with E-state index in [4.69, 9.17) is 0 Å². The van der Waals surface area contributed by atoms with Gasteiger partial charge in [-0.25, -0.2) is 0 Å². The van der Waals surface area contributed by atoms with Crippen molar-refractivity contribution in [3.8, 4) is 0 Å². The number of aromatic amines is 1. The number of amides is 1. The van der Waals surface area contributed by atoms with Gasteiger partial charge >= 0.3 is 0 Å². The minimum Gasteiger partial charge on any atom is -0.309 e. The molecule has 0 aliphatic rings. The second-order valence-corrected chi connectivity index (χ2v) is 2.54. The van der Waals surface area contributed by atoms with Crippen molar-refractivity contribution in [2.24, 2.45) is 5.92 Å². The summed E-state index contributed by atoms with van der Waals surface area (Å²) >= 11 is 0. The third-order valence-electron chi connectivity index (χ3n) is 1.23. The van der Waals surface area contributed by atoms with E-state index in [1.165, 1.54) is 0 Å². The second-order valence-electron chi connectivity index (χ2n) is 2.54.